The van der Waals surface area contributed by atoms with Gasteiger partial charge in [-0.25, -0.2) is 4.68 Å². The Morgan fingerprint density at radius 3 is 2.74 bits per heavy atom. The summed E-state index contributed by atoms with van der Waals surface area (Å²) in [6.45, 7) is 5.98. The molecule has 0 atom stereocenters. The molecule has 2 aliphatic heterocycles. The van der Waals surface area contributed by atoms with E-state index in [0.29, 0.717) is 13.3 Å². The molecule has 8 nitrogen and oxygen atoms in total. The molecule has 0 N–H and O–H groups in total. The zero-order valence-electron chi connectivity index (χ0n) is 13.2. The van der Waals surface area contributed by atoms with Crippen LogP contribution in [0.3, 0.4) is 0 Å². The number of aromatic nitrogens is 4. The Hall–Kier alpha value is -2.19. The molecule has 0 bridgehead atoms. The summed E-state index contributed by atoms with van der Waals surface area (Å²) in [5.41, 5.74) is 1.10. The molecule has 4 rings (SSSR count). The first-order valence-electron chi connectivity index (χ1n) is 7.82. The lowest BCUT2D eigenvalue weighted by atomic mass is 10.2. The second-order valence-electron chi connectivity index (χ2n) is 6.02. The number of rotatable bonds is 4. The van der Waals surface area contributed by atoms with Gasteiger partial charge in [0.25, 0.3) is 0 Å². The van der Waals surface area contributed by atoms with Crippen molar-refractivity contribution in [3.63, 3.8) is 0 Å². The van der Waals surface area contributed by atoms with Crippen LogP contribution < -0.4 is 9.47 Å². The lowest BCUT2D eigenvalue weighted by Gasteiger charge is -2.31. The maximum Gasteiger partial charge on any atom is 0.231 e. The fourth-order valence-electron chi connectivity index (χ4n) is 2.88. The standard InChI is InChI=1S/C15H20N6O2/c1-19-4-6-20(7-5-19)10-15-16-17-18-21(15)9-12-2-3-13-14(8-12)23-11-22-13/h2-3,8H,4-7,9-11H2,1H3. The van der Waals surface area contributed by atoms with Crippen LogP contribution in [0.4, 0.5) is 0 Å². The molecule has 1 aromatic heterocycles. The van der Waals surface area contributed by atoms with E-state index in [2.05, 4.69) is 32.4 Å². The van der Waals surface area contributed by atoms with Gasteiger partial charge >= 0.3 is 0 Å². The number of hydrogen-bond acceptors (Lipinski definition) is 7. The minimum atomic E-state index is 0.290. The summed E-state index contributed by atoms with van der Waals surface area (Å²) in [6.07, 6.45) is 0. The van der Waals surface area contributed by atoms with Gasteiger partial charge in [0.05, 0.1) is 13.1 Å². The third kappa shape index (κ3) is 3.13. The Kier molecular flexibility index (Phi) is 3.84. The summed E-state index contributed by atoms with van der Waals surface area (Å²) in [5, 5.41) is 12.2. The summed E-state index contributed by atoms with van der Waals surface area (Å²) in [6, 6.07) is 5.95. The van der Waals surface area contributed by atoms with Crippen molar-refractivity contribution in [3.8, 4) is 11.5 Å². The number of benzene rings is 1. The van der Waals surface area contributed by atoms with Gasteiger partial charge in [-0.05, 0) is 35.2 Å². The van der Waals surface area contributed by atoms with Gasteiger partial charge in [0, 0.05) is 26.2 Å². The summed E-state index contributed by atoms with van der Waals surface area (Å²) in [7, 11) is 2.15. The van der Waals surface area contributed by atoms with Gasteiger partial charge in [-0.1, -0.05) is 6.07 Å². The van der Waals surface area contributed by atoms with Gasteiger partial charge in [-0.3, -0.25) is 4.90 Å². The largest absolute Gasteiger partial charge is 0.454 e. The molecular formula is C15H20N6O2. The summed E-state index contributed by atoms with van der Waals surface area (Å²) < 4.78 is 12.6. The number of hydrogen-bond donors (Lipinski definition) is 0. The summed E-state index contributed by atoms with van der Waals surface area (Å²) >= 11 is 0. The first-order valence-corrected chi connectivity index (χ1v) is 7.82. The van der Waals surface area contributed by atoms with Crippen LogP contribution in [0.2, 0.25) is 0 Å². The molecule has 2 aromatic rings. The molecule has 23 heavy (non-hydrogen) atoms. The highest BCUT2D eigenvalue weighted by atomic mass is 16.7. The van der Waals surface area contributed by atoms with Crippen molar-refractivity contribution < 1.29 is 9.47 Å². The van der Waals surface area contributed by atoms with Crippen LogP contribution in [0, 0.1) is 0 Å². The topological polar surface area (TPSA) is 68.5 Å². The van der Waals surface area contributed by atoms with E-state index in [1.54, 1.807) is 0 Å². The fraction of sp³-hybridized carbons (Fsp3) is 0.533. The maximum absolute atomic E-state index is 5.42. The van der Waals surface area contributed by atoms with Gasteiger partial charge in [-0.15, -0.1) is 5.10 Å². The van der Waals surface area contributed by atoms with Crippen LogP contribution >= 0.6 is 0 Å². The minimum absolute atomic E-state index is 0.290. The molecule has 3 heterocycles. The van der Waals surface area contributed by atoms with Crippen LogP contribution in [0.1, 0.15) is 11.4 Å². The van der Waals surface area contributed by atoms with Crippen molar-refractivity contribution in [2.45, 2.75) is 13.1 Å². The quantitative estimate of drug-likeness (QED) is 0.798. The van der Waals surface area contributed by atoms with Gasteiger partial charge in [-0.2, -0.15) is 0 Å². The molecule has 8 heteroatoms. The van der Waals surface area contributed by atoms with Gasteiger partial charge in [0.15, 0.2) is 17.3 Å². The van der Waals surface area contributed by atoms with E-state index in [0.717, 1.165) is 55.6 Å². The Balaban J connectivity index is 1.45. The van der Waals surface area contributed by atoms with Crippen molar-refractivity contribution in [2.75, 3.05) is 40.0 Å². The average molecular weight is 316 g/mol. The highest BCUT2D eigenvalue weighted by molar-refractivity contribution is 5.44. The van der Waals surface area contributed by atoms with Crippen molar-refractivity contribution in [1.82, 2.24) is 30.0 Å². The Bertz CT molecular complexity index is 680. The molecule has 0 spiro atoms. The molecule has 0 unspecified atom stereocenters. The first-order chi connectivity index (χ1) is 11.3. The molecule has 0 amide bonds. The van der Waals surface area contributed by atoms with Crippen molar-refractivity contribution >= 4 is 0 Å². The zero-order chi connectivity index (χ0) is 15.6. The number of piperazine rings is 1. The SMILES string of the molecule is CN1CCN(Cc2nnnn2Cc2ccc3c(c2)OCO3)CC1. The second kappa shape index (κ2) is 6.13. The highest BCUT2D eigenvalue weighted by Gasteiger charge is 2.18. The van der Waals surface area contributed by atoms with Crippen molar-refractivity contribution in [2.24, 2.45) is 0 Å². The third-order valence-electron chi connectivity index (χ3n) is 4.34. The molecule has 1 saturated heterocycles. The molecule has 122 valence electrons. The molecule has 1 fully saturated rings. The molecule has 0 radical (unpaired) electrons. The number of ether oxygens (including phenoxy) is 2. The van der Waals surface area contributed by atoms with Gasteiger partial charge < -0.3 is 14.4 Å². The van der Waals surface area contributed by atoms with Gasteiger partial charge in [0.1, 0.15) is 0 Å². The van der Waals surface area contributed by atoms with Crippen LogP contribution in [-0.4, -0.2) is 70.0 Å². The van der Waals surface area contributed by atoms with E-state index >= 15 is 0 Å². The first kappa shape index (κ1) is 14.4. The van der Waals surface area contributed by atoms with Crippen LogP contribution in [-0.2, 0) is 13.1 Å². The fourth-order valence-corrected chi connectivity index (χ4v) is 2.88. The molecule has 0 saturated carbocycles. The van der Waals surface area contributed by atoms with E-state index in [-0.39, 0.29) is 0 Å². The average Bonchev–Trinajstić information content (AvgIpc) is 3.19. The molecule has 2 aliphatic rings. The van der Waals surface area contributed by atoms with E-state index in [9.17, 15) is 0 Å². The molecule has 1 aromatic carbocycles. The van der Waals surface area contributed by atoms with Gasteiger partial charge in [0.2, 0.25) is 6.79 Å². The Morgan fingerprint density at radius 1 is 1.04 bits per heavy atom. The summed E-state index contributed by atoms with van der Waals surface area (Å²) in [5.74, 6) is 2.48. The Morgan fingerprint density at radius 2 is 1.87 bits per heavy atom. The number of fused-ring (bicyclic) bond motifs is 1. The van der Waals surface area contributed by atoms with Crippen molar-refractivity contribution in [1.29, 1.82) is 0 Å². The monoisotopic (exact) mass is 316 g/mol. The predicted molar refractivity (Wildman–Crippen MR) is 82.3 cm³/mol. The zero-order valence-corrected chi connectivity index (χ0v) is 13.2. The van der Waals surface area contributed by atoms with Crippen LogP contribution in [0.25, 0.3) is 0 Å². The number of likely N-dealkylation sites (N-methyl/N-ethyl adjacent to an activating group) is 1. The van der Waals surface area contributed by atoms with Crippen LogP contribution in [0.15, 0.2) is 18.2 Å². The predicted octanol–water partition coefficient (Wildman–Crippen LogP) is 0.198. The molecular weight excluding hydrogens is 296 g/mol. The molecule has 0 aliphatic carbocycles. The van der Waals surface area contributed by atoms with E-state index in [1.165, 1.54) is 0 Å². The second-order valence-corrected chi connectivity index (χ2v) is 6.02. The van der Waals surface area contributed by atoms with Crippen molar-refractivity contribution in [3.05, 3.63) is 29.6 Å². The van der Waals surface area contributed by atoms with E-state index < -0.39 is 0 Å². The number of tetrazole rings is 1. The maximum atomic E-state index is 5.42. The smallest absolute Gasteiger partial charge is 0.231 e. The minimum Gasteiger partial charge on any atom is -0.454 e. The van der Waals surface area contributed by atoms with E-state index in [1.807, 2.05) is 22.9 Å². The third-order valence-corrected chi connectivity index (χ3v) is 4.34. The highest BCUT2D eigenvalue weighted by Crippen LogP contribution is 2.32. The normalized spacial score (nSPS) is 18.5. The van der Waals surface area contributed by atoms with E-state index in [4.69, 9.17) is 9.47 Å². The number of nitrogens with zero attached hydrogens (tertiary/aromatic N) is 6. The lowest BCUT2D eigenvalue weighted by Crippen LogP contribution is -2.44. The summed E-state index contributed by atoms with van der Waals surface area (Å²) in [4.78, 5) is 4.73. The van der Waals surface area contributed by atoms with Crippen LogP contribution in [0.5, 0.6) is 11.5 Å². The lowest BCUT2D eigenvalue weighted by molar-refractivity contribution is 0.144. The Labute approximate surface area is 134 Å².